The van der Waals surface area contributed by atoms with Crippen molar-refractivity contribution in [2.45, 2.75) is 12.8 Å². The van der Waals surface area contributed by atoms with Crippen LogP contribution < -0.4 is 0 Å². The van der Waals surface area contributed by atoms with E-state index < -0.39 is 0 Å². The molecule has 3 heteroatoms. The van der Waals surface area contributed by atoms with Crippen LogP contribution in [-0.4, -0.2) is 15.7 Å². The first-order chi connectivity index (χ1) is 6.42. The molecule has 0 saturated carbocycles. The van der Waals surface area contributed by atoms with Gasteiger partial charge in [0.05, 0.1) is 0 Å². The number of rotatable bonds is 3. The highest BCUT2D eigenvalue weighted by atomic mass is 32.1. The van der Waals surface area contributed by atoms with E-state index in [4.69, 9.17) is 0 Å². The Labute approximate surface area is 82.8 Å². The number of hydrogen-bond acceptors (Lipinski definition) is 2. The van der Waals surface area contributed by atoms with Gasteiger partial charge in [-0.05, 0) is 36.3 Å². The first kappa shape index (κ1) is 8.63. The first-order valence-corrected chi connectivity index (χ1v) is 5.07. The number of aromatic nitrogens is 2. The molecule has 13 heavy (non-hydrogen) atoms. The third kappa shape index (κ3) is 1.70. The third-order valence-corrected chi connectivity index (χ3v) is 2.46. The molecule has 2 aromatic heterocycles. The van der Waals surface area contributed by atoms with E-state index in [2.05, 4.69) is 28.7 Å². The zero-order valence-electron chi connectivity index (χ0n) is 7.33. The fourth-order valence-electron chi connectivity index (χ4n) is 1.49. The Kier molecular flexibility index (Phi) is 2.54. The average molecular weight is 192 g/mol. The number of H-pyrrole nitrogens is 1. The van der Waals surface area contributed by atoms with Crippen molar-refractivity contribution < 1.29 is 0 Å². The topological polar surface area (TPSA) is 28.7 Å². The highest BCUT2D eigenvalue weighted by Crippen LogP contribution is 2.16. The highest BCUT2D eigenvalue weighted by Gasteiger charge is 2.01. The fraction of sp³-hybridized carbons (Fsp3) is 0.300. The molecule has 0 aromatic carbocycles. The summed E-state index contributed by atoms with van der Waals surface area (Å²) in [6.07, 6.45) is 6.04. The van der Waals surface area contributed by atoms with Crippen molar-refractivity contribution in [2.24, 2.45) is 0 Å². The third-order valence-electron chi connectivity index (χ3n) is 2.14. The van der Waals surface area contributed by atoms with Gasteiger partial charge in [0.2, 0.25) is 0 Å². The van der Waals surface area contributed by atoms with Gasteiger partial charge in [-0.3, -0.25) is 0 Å². The summed E-state index contributed by atoms with van der Waals surface area (Å²) in [7, 11) is 0. The largest absolute Gasteiger partial charge is 0.346 e. The summed E-state index contributed by atoms with van der Waals surface area (Å²) in [4.78, 5) is 7.40. The van der Waals surface area contributed by atoms with Crippen LogP contribution in [0.1, 0.15) is 12.0 Å². The molecule has 0 unspecified atom stereocenters. The van der Waals surface area contributed by atoms with Crippen molar-refractivity contribution in [3.8, 4) is 0 Å². The van der Waals surface area contributed by atoms with E-state index in [0.29, 0.717) is 0 Å². The minimum Gasteiger partial charge on any atom is -0.346 e. The lowest BCUT2D eigenvalue weighted by molar-refractivity contribution is 0.943. The summed E-state index contributed by atoms with van der Waals surface area (Å²) in [6.45, 7) is 0. The molecule has 1 N–H and O–H groups in total. The lowest BCUT2D eigenvalue weighted by Gasteiger charge is -1.95. The zero-order valence-corrected chi connectivity index (χ0v) is 8.22. The molecule has 0 saturated heterocycles. The predicted octanol–water partition coefficient (Wildman–Crippen LogP) is 2.43. The van der Waals surface area contributed by atoms with Crippen LogP contribution >= 0.6 is 12.6 Å². The maximum Gasteiger partial charge on any atom is 0.137 e. The van der Waals surface area contributed by atoms with E-state index in [1.807, 2.05) is 12.3 Å². The maximum atomic E-state index is 4.24. The summed E-state index contributed by atoms with van der Waals surface area (Å²) in [6, 6.07) is 4.08. The highest BCUT2D eigenvalue weighted by molar-refractivity contribution is 7.80. The number of nitrogens with zero attached hydrogens (tertiary/aromatic N) is 1. The number of fused-ring (bicyclic) bond motifs is 1. The molecule has 68 valence electrons. The van der Waals surface area contributed by atoms with E-state index in [0.717, 1.165) is 24.2 Å². The molecule has 2 heterocycles. The normalized spacial score (nSPS) is 10.8. The fourth-order valence-corrected chi connectivity index (χ4v) is 1.65. The number of aryl methyl sites for hydroxylation is 1. The molecule has 0 atom stereocenters. The lowest BCUT2D eigenvalue weighted by Crippen LogP contribution is -1.83. The van der Waals surface area contributed by atoms with E-state index in [9.17, 15) is 0 Å². The van der Waals surface area contributed by atoms with Crippen LogP contribution in [0.15, 0.2) is 24.5 Å². The van der Waals surface area contributed by atoms with Crippen LogP contribution in [0.4, 0.5) is 0 Å². The summed E-state index contributed by atoms with van der Waals surface area (Å²) >= 11 is 4.20. The van der Waals surface area contributed by atoms with Crippen molar-refractivity contribution in [1.82, 2.24) is 9.97 Å². The molecular formula is C10H12N2S. The van der Waals surface area contributed by atoms with Gasteiger partial charge in [0, 0.05) is 17.8 Å². The second-order valence-electron chi connectivity index (χ2n) is 3.04. The molecule has 0 fully saturated rings. The Balaban J connectivity index is 2.35. The number of aromatic amines is 1. The minimum absolute atomic E-state index is 0.937. The van der Waals surface area contributed by atoms with Crippen LogP contribution in [0.3, 0.4) is 0 Å². The zero-order chi connectivity index (χ0) is 9.10. The quantitative estimate of drug-likeness (QED) is 0.718. The van der Waals surface area contributed by atoms with Crippen molar-refractivity contribution in [3.05, 3.63) is 30.1 Å². The van der Waals surface area contributed by atoms with Crippen LogP contribution in [-0.2, 0) is 6.42 Å². The Morgan fingerprint density at radius 3 is 3.23 bits per heavy atom. The van der Waals surface area contributed by atoms with Gasteiger partial charge in [0.1, 0.15) is 5.65 Å². The van der Waals surface area contributed by atoms with Crippen molar-refractivity contribution >= 4 is 23.7 Å². The molecule has 0 bridgehead atoms. The Hall–Kier alpha value is -0.960. The second kappa shape index (κ2) is 3.83. The summed E-state index contributed by atoms with van der Waals surface area (Å²) in [5, 5.41) is 1.24. The standard InChI is InChI=1S/C10H12N2S/c13-6-2-3-8-7-12-10-9(8)4-1-5-11-10/h1,4-5,7,13H,2-3,6H2,(H,11,12). The maximum absolute atomic E-state index is 4.24. The van der Waals surface area contributed by atoms with Crippen LogP contribution in [0.25, 0.3) is 11.0 Å². The smallest absolute Gasteiger partial charge is 0.137 e. The van der Waals surface area contributed by atoms with Gasteiger partial charge >= 0.3 is 0 Å². The molecule has 0 aliphatic rings. The molecule has 0 amide bonds. The average Bonchev–Trinajstić information content (AvgIpc) is 2.58. The minimum atomic E-state index is 0.937. The van der Waals surface area contributed by atoms with Crippen molar-refractivity contribution in [2.75, 3.05) is 5.75 Å². The summed E-state index contributed by atoms with van der Waals surface area (Å²) in [5.74, 6) is 0.937. The van der Waals surface area contributed by atoms with Crippen molar-refractivity contribution in [3.63, 3.8) is 0 Å². The van der Waals surface area contributed by atoms with Gasteiger partial charge in [-0.1, -0.05) is 0 Å². The van der Waals surface area contributed by atoms with E-state index >= 15 is 0 Å². The van der Waals surface area contributed by atoms with Gasteiger partial charge in [-0.25, -0.2) is 4.98 Å². The first-order valence-electron chi connectivity index (χ1n) is 4.43. The Bertz CT molecular complexity index is 394. The number of nitrogens with one attached hydrogen (secondary N) is 1. The van der Waals surface area contributed by atoms with E-state index in [1.54, 1.807) is 6.20 Å². The van der Waals surface area contributed by atoms with Crippen LogP contribution in [0.2, 0.25) is 0 Å². The molecule has 2 nitrogen and oxygen atoms in total. The van der Waals surface area contributed by atoms with Gasteiger partial charge in [-0.15, -0.1) is 0 Å². The molecule has 0 spiro atoms. The van der Waals surface area contributed by atoms with Crippen LogP contribution in [0.5, 0.6) is 0 Å². The SMILES string of the molecule is SCCCc1c[nH]c2ncccc12. The van der Waals surface area contributed by atoms with E-state index in [-0.39, 0.29) is 0 Å². The molecular weight excluding hydrogens is 180 g/mol. The van der Waals surface area contributed by atoms with Gasteiger partial charge in [0.25, 0.3) is 0 Å². The Morgan fingerprint density at radius 2 is 2.38 bits per heavy atom. The molecule has 2 aromatic rings. The monoisotopic (exact) mass is 192 g/mol. The number of thiol groups is 1. The predicted molar refractivity (Wildman–Crippen MR) is 58.3 cm³/mol. The number of hydrogen-bond donors (Lipinski definition) is 2. The lowest BCUT2D eigenvalue weighted by atomic mass is 10.1. The van der Waals surface area contributed by atoms with E-state index in [1.165, 1.54) is 10.9 Å². The molecule has 0 radical (unpaired) electrons. The van der Waals surface area contributed by atoms with Crippen molar-refractivity contribution in [1.29, 1.82) is 0 Å². The Morgan fingerprint density at radius 1 is 1.46 bits per heavy atom. The molecule has 2 rings (SSSR count). The molecule has 0 aliphatic carbocycles. The molecule has 0 aliphatic heterocycles. The second-order valence-corrected chi connectivity index (χ2v) is 3.49. The van der Waals surface area contributed by atoms with Crippen LogP contribution in [0, 0.1) is 0 Å². The van der Waals surface area contributed by atoms with Gasteiger partial charge in [-0.2, -0.15) is 12.6 Å². The summed E-state index contributed by atoms with van der Waals surface area (Å²) in [5.41, 5.74) is 2.33. The summed E-state index contributed by atoms with van der Waals surface area (Å²) < 4.78 is 0. The van der Waals surface area contributed by atoms with Gasteiger partial charge < -0.3 is 4.98 Å². The van der Waals surface area contributed by atoms with Gasteiger partial charge in [0.15, 0.2) is 0 Å². The number of pyridine rings is 1.